The van der Waals surface area contributed by atoms with Gasteiger partial charge in [-0.3, -0.25) is 0 Å². The molecule has 0 amide bonds. The third kappa shape index (κ3) is 1.61. The van der Waals surface area contributed by atoms with Gasteiger partial charge in [0, 0.05) is 0 Å². The third-order valence-corrected chi connectivity index (χ3v) is 2.42. The summed E-state index contributed by atoms with van der Waals surface area (Å²) in [5, 5.41) is 9.69. The molecule has 2 aromatic heterocycles. The minimum absolute atomic E-state index is 0.207. The van der Waals surface area contributed by atoms with Gasteiger partial charge in [0.05, 0.1) is 10.9 Å². The first-order valence-electron chi connectivity index (χ1n) is 3.90. The van der Waals surface area contributed by atoms with Gasteiger partial charge in [-0.1, -0.05) is 6.07 Å². The van der Waals surface area contributed by atoms with Crippen molar-refractivity contribution in [3.05, 3.63) is 23.4 Å². The fourth-order valence-corrected chi connectivity index (χ4v) is 1.56. The highest BCUT2D eigenvalue weighted by atomic mass is 32.1. The highest BCUT2D eigenvalue weighted by Gasteiger charge is 2.11. The van der Waals surface area contributed by atoms with E-state index in [1.165, 1.54) is 0 Å². The summed E-state index contributed by atoms with van der Waals surface area (Å²) >= 11 is 1.56. The molecule has 0 aliphatic rings. The molecule has 68 valence electrons. The molecular weight excluding hydrogens is 186 g/mol. The first kappa shape index (κ1) is 8.40. The Bertz CT molecular complexity index is 380. The van der Waals surface area contributed by atoms with E-state index in [-0.39, 0.29) is 6.04 Å². The highest BCUT2D eigenvalue weighted by Crippen LogP contribution is 2.23. The van der Waals surface area contributed by atoms with Crippen molar-refractivity contribution in [1.82, 2.24) is 10.2 Å². The van der Waals surface area contributed by atoms with Crippen LogP contribution in [0.4, 0.5) is 0 Å². The Kier molecular flexibility index (Phi) is 2.12. The second-order valence-corrected chi connectivity index (χ2v) is 3.66. The number of hydrogen-bond acceptors (Lipinski definition) is 5. The Morgan fingerprint density at radius 1 is 1.54 bits per heavy atom. The molecule has 1 atom stereocenters. The molecular formula is C8H9N3OS. The normalized spacial score (nSPS) is 13.1. The van der Waals surface area contributed by atoms with E-state index in [2.05, 4.69) is 10.2 Å². The molecule has 2 aromatic rings. The molecule has 0 saturated heterocycles. The zero-order valence-electron chi connectivity index (χ0n) is 7.10. The van der Waals surface area contributed by atoms with Crippen LogP contribution in [0, 0.1) is 0 Å². The molecule has 0 aromatic carbocycles. The smallest absolute Gasteiger partial charge is 0.257 e. The number of hydrogen-bond donors (Lipinski definition) is 1. The average molecular weight is 195 g/mol. The van der Waals surface area contributed by atoms with Crippen LogP contribution >= 0.6 is 11.3 Å². The van der Waals surface area contributed by atoms with E-state index < -0.39 is 0 Å². The molecule has 2 N–H and O–H groups in total. The highest BCUT2D eigenvalue weighted by molar-refractivity contribution is 7.13. The second-order valence-electron chi connectivity index (χ2n) is 2.71. The van der Waals surface area contributed by atoms with Gasteiger partial charge in [0.1, 0.15) is 0 Å². The number of nitrogens with two attached hydrogens (primary N) is 1. The number of thiophene rings is 1. The summed E-state index contributed by atoms with van der Waals surface area (Å²) in [5.41, 5.74) is 5.59. The summed E-state index contributed by atoms with van der Waals surface area (Å²) in [5.74, 6) is 1.02. The fourth-order valence-electron chi connectivity index (χ4n) is 0.918. The lowest BCUT2D eigenvalue weighted by Crippen LogP contribution is -2.04. The molecule has 2 heterocycles. The van der Waals surface area contributed by atoms with E-state index in [0.29, 0.717) is 11.8 Å². The van der Waals surface area contributed by atoms with Crippen molar-refractivity contribution < 1.29 is 4.42 Å². The van der Waals surface area contributed by atoms with Gasteiger partial charge in [0.25, 0.3) is 5.89 Å². The van der Waals surface area contributed by atoms with E-state index in [1.807, 2.05) is 24.4 Å². The summed E-state index contributed by atoms with van der Waals surface area (Å²) in [4.78, 5) is 0.972. The van der Waals surface area contributed by atoms with Crippen molar-refractivity contribution >= 4 is 11.3 Å². The van der Waals surface area contributed by atoms with E-state index in [0.717, 1.165) is 4.88 Å². The molecule has 0 aliphatic heterocycles. The number of rotatable bonds is 2. The Morgan fingerprint density at radius 2 is 2.38 bits per heavy atom. The average Bonchev–Trinajstić information content (AvgIpc) is 2.75. The maximum Gasteiger partial charge on any atom is 0.257 e. The number of aromatic nitrogens is 2. The molecule has 2 rings (SSSR count). The maximum absolute atomic E-state index is 5.59. The van der Waals surface area contributed by atoms with Crippen molar-refractivity contribution in [2.24, 2.45) is 5.73 Å². The molecule has 0 bridgehead atoms. The molecule has 0 unspecified atom stereocenters. The van der Waals surface area contributed by atoms with Gasteiger partial charge in [-0.2, -0.15) is 0 Å². The first-order valence-corrected chi connectivity index (χ1v) is 4.78. The van der Waals surface area contributed by atoms with Gasteiger partial charge < -0.3 is 10.2 Å². The van der Waals surface area contributed by atoms with Crippen molar-refractivity contribution in [2.45, 2.75) is 13.0 Å². The Balaban J connectivity index is 2.33. The summed E-state index contributed by atoms with van der Waals surface area (Å²) in [6.45, 7) is 1.81. The first-order chi connectivity index (χ1) is 6.27. The van der Waals surface area contributed by atoms with E-state index in [1.54, 1.807) is 11.3 Å². The second kappa shape index (κ2) is 3.27. The van der Waals surface area contributed by atoms with E-state index >= 15 is 0 Å². The molecule has 0 aliphatic carbocycles. The predicted octanol–water partition coefficient (Wildman–Crippen LogP) is 1.82. The molecule has 0 saturated carbocycles. The number of nitrogens with zero attached hydrogens (tertiary/aromatic N) is 2. The summed E-state index contributed by atoms with van der Waals surface area (Å²) in [6, 6.07) is 3.67. The van der Waals surface area contributed by atoms with Gasteiger partial charge in [0.15, 0.2) is 0 Å². The largest absolute Gasteiger partial charge is 0.418 e. The summed E-state index contributed by atoms with van der Waals surface area (Å²) in [7, 11) is 0. The molecule has 0 spiro atoms. The van der Waals surface area contributed by atoms with Gasteiger partial charge in [-0.25, -0.2) is 0 Å². The van der Waals surface area contributed by atoms with Gasteiger partial charge in [0.2, 0.25) is 5.89 Å². The van der Waals surface area contributed by atoms with Crippen LogP contribution in [0.5, 0.6) is 0 Å². The Labute approximate surface area is 79.4 Å². The standard InChI is InChI=1S/C8H9N3OS/c1-5(9)7-10-11-8(12-7)6-3-2-4-13-6/h2-5H,9H2,1H3/t5-/m0/s1. The Hall–Kier alpha value is -1.20. The zero-order valence-corrected chi connectivity index (χ0v) is 7.91. The lowest BCUT2D eigenvalue weighted by Gasteiger charge is -1.93. The molecule has 13 heavy (non-hydrogen) atoms. The van der Waals surface area contributed by atoms with E-state index in [9.17, 15) is 0 Å². The van der Waals surface area contributed by atoms with Gasteiger partial charge >= 0.3 is 0 Å². The van der Waals surface area contributed by atoms with Crippen LogP contribution in [-0.2, 0) is 0 Å². The molecule has 4 nitrogen and oxygen atoms in total. The topological polar surface area (TPSA) is 64.9 Å². The predicted molar refractivity (Wildman–Crippen MR) is 50.2 cm³/mol. The summed E-state index contributed by atoms with van der Waals surface area (Å²) in [6.07, 6.45) is 0. The van der Waals surface area contributed by atoms with Crippen LogP contribution < -0.4 is 5.73 Å². The molecule has 0 radical (unpaired) electrons. The van der Waals surface area contributed by atoms with Crippen molar-refractivity contribution in [3.63, 3.8) is 0 Å². The minimum Gasteiger partial charge on any atom is -0.418 e. The minimum atomic E-state index is -0.207. The van der Waals surface area contributed by atoms with E-state index in [4.69, 9.17) is 10.2 Å². The van der Waals surface area contributed by atoms with Crippen molar-refractivity contribution in [3.8, 4) is 10.8 Å². The van der Waals surface area contributed by atoms with Gasteiger partial charge in [-0.15, -0.1) is 21.5 Å². The zero-order chi connectivity index (χ0) is 9.26. The lowest BCUT2D eigenvalue weighted by atomic mass is 10.4. The van der Waals surface area contributed by atoms with Crippen LogP contribution in [0.25, 0.3) is 10.8 Å². The summed E-state index contributed by atoms with van der Waals surface area (Å²) < 4.78 is 5.35. The molecule has 5 heteroatoms. The maximum atomic E-state index is 5.59. The lowest BCUT2D eigenvalue weighted by molar-refractivity contribution is 0.474. The van der Waals surface area contributed by atoms with Crippen molar-refractivity contribution in [2.75, 3.05) is 0 Å². The fraction of sp³-hybridized carbons (Fsp3) is 0.250. The SMILES string of the molecule is C[C@H](N)c1nnc(-c2cccs2)o1. The van der Waals surface area contributed by atoms with Crippen LogP contribution in [0.2, 0.25) is 0 Å². The Morgan fingerprint density at radius 3 is 2.92 bits per heavy atom. The quantitative estimate of drug-likeness (QED) is 0.793. The third-order valence-electron chi connectivity index (χ3n) is 1.56. The van der Waals surface area contributed by atoms with Crippen LogP contribution in [0.3, 0.4) is 0 Å². The van der Waals surface area contributed by atoms with Gasteiger partial charge in [-0.05, 0) is 18.4 Å². The van der Waals surface area contributed by atoms with Crippen LogP contribution in [0.1, 0.15) is 18.9 Å². The van der Waals surface area contributed by atoms with Crippen LogP contribution in [0.15, 0.2) is 21.9 Å². The molecule has 0 fully saturated rings. The van der Waals surface area contributed by atoms with Crippen molar-refractivity contribution in [1.29, 1.82) is 0 Å². The monoisotopic (exact) mass is 195 g/mol. The van der Waals surface area contributed by atoms with Crippen LogP contribution in [-0.4, -0.2) is 10.2 Å².